The number of amides is 1. The fourth-order valence-corrected chi connectivity index (χ4v) is 3.93. The Morgan fingerprint density at radius 2 is 1.83 bits per heavy atom. The Labute approximate surface area is 170 Å². The average molecular weight is 416 g/mol. The normalized spacial score (nSPS) is 16.5. The van der Waals surface area contributed by atoms with Crippen molar-refractivity contribution in [2.24, 2.45) is 0 Å². The molecule has 2 aromatic carbocycles. The maximum Gasteiger partial charge on any atom is 0.337 e. The van der Waals surface area contributed by atoms with Crippen LogP contribution in [0.2, 0.25) is 0 Å². The van der Waals surface area contributed by atoms with E-state index < -0.39 is 15.8 Å². The molecule has 1 saturated heterocycles. The highest BCUT2D eigenvalue weighted by molar-refractivity contribution is 7.90. The first-order chi connectivity index (χ1) is 13.8. The fourth-order valence-electron chi connectivity index (χ4n) is 3.50. The minimum absolute atomic E-state index is 0.0297. The van der Waals surface area contributed by atoms with Crippen molar-refractivity contribution in [3.05, 3.63) is 65.2 Å². The van der Waals surface area contributed by atoms with Crippen molar-refractivity contribution in [3.63, 3.8) is 0 Å². The van der Waals surface area contributed by atoms with E-state index in [0.717, 1.165) is 24.7 Å². The number of ether oxygens (including phenoxy) is 1. The van der Waals surface area contributed by atoms with Crippen molar-refractivity contribution < 1.29 is 22.7 Å². The number of nitrogens with zero attached hydrogens (tertiary/aromatic N) is 1. The van der Waals surface area contributed by atoms with E-state index in [1.807, 2.05) is 30.3 Å². The summed E-state index contributed by atoms with van der Waals surface area (Å²) in [5.74, 6) is -1.10. The molecule has 0 aromatic heterocycles. The van der Waals surface area contributed by atoms with E-state index in [9.17, 15) is 18.0 Å². The van der Waals surface area contributed by atoms with Gasteiger partial charge in [0, 0.05) is 24.1 Å². The molecular formula is C21H24N2O5S. The van der Waals surface area contributed by atoms with Gasteiger partial charge in [-0.15, -0.1) is 0 Å². The SMILES string of the molecule is COC(=O)c1cc(NCS(C)(=O)=O)cc(C(=O)N2CCCC2c2ccccc2)c1. The van der Waals surface area contributed by atoms with Gasteiger partial charge < -0.3 is 15.0 Å². The third kappa shape index (κ3) is 5.14. The van der Waals surface area contributed by atoms with Gasteiger partial charge in [-0.05, 0) is 36.6 Å². The summed E-state index contributed by atoms with van der Waals surface area (Å²) < 4.78 is 27.7. The summed E-state index contributed by atoms with van der Waals surface area (Å²) in [5.41, 5.74) is 1.94. The minimum Gasteiger partial charge on any atom is -0.465 e. The number of rotatable bonds is 6. The number of hydrogen-bond acceptors (Lipinski definition) is 6. The molecule has 1 aliphatic heterocycles. The lowest BCUT2D eigenvalue weighted by Gasteiger charge is -2.25. The van der Waals surface area contributed by atoms with Crippen molar-refractivity contribution >= 4 is 27.4 Å². The first-order valence-corrected chi connectivity index (χ1v) is 11.4. The molecule has 3 rings (SSSR count). The number of sulfone groups is 1. The van der Waals surface area contributed by atoms with Crippen LogP contribution in [0.15, 0.2) is 48.5 Å². The zero-order chi connectivity index (χ0) is 21.0. The molecule has 1 amide bonds. The molecule has 1 N–H and O–H groups in total. The van der Waals surface area contributed by atoms with Crippen molar-refractivity contribution in [2.75, 3.05) is 31.1 Å². The lowest BCUT2D eigenvalue weighted by molar-refractivity contribution is 0.0600. The predicted octanol–water partition coefficient (Wildman–Crippen LogP) is 2.86. The van der Waals surface area contributed by atoms with Gasteiger partial charge in [-0.2, -0.15) is 0 Å². The van der Waals surface area contributed by atoms with E-state index >= 15 is 0 Å². The predicted molar refractivity (Wildman–Crippen MR) is 111 cm³/mol. The molecule has 0 bridgehead atoms. The molecule has 8 heteroatoms. The second-order valence-electron chi connectivity index (χ2n) is 7.10. The molecule has 1 unspecified atom stereocenters. The van der Waals surface area contributed by atoms with Crippen LogP contribution in [0.5, 0.6) is 0 Å². The maximum absolute atomic E-state index is 13.3. The number of carbonyl (C=O) groups is 2. The molecule has 29 heavy (non-hydrogen) atoms. The van der Waals surface area contributed by atoms with Crippen LogP contribution in [-0.4, -0.2) is 51.0 Å². The van der Waals surface area contributed by atoms with Crippen molar-refractivity contribution in [3.8, 4) is 0 Å². The number of anilines is 1. The second kappa shape index (κ2) is 8.65. The molecule has 1 fully saturated rings. The second-order valence-corrected chi connectivity index (χ2v) is 9.24. The van der Waals surface area contributed by atoms with Crippen LogP contribution < -0.4 is 5.32 Å². The van der Waals surface area contributed by atoms with Gasteiger partial charge in [0.25, 0.3) is 5.91 Å². The first kappa shape index (κ1) is 20.9. The lowest BCUT2D eigenvalue weighted by Crippen LogP contribution is -2.30. The van der Waals surface area contributed by atoms with E-state index in [0.29, 0.717) is 17.8 Å². The van der Waals surface area contributed by atoms with Crippen LogP contribution in [0.25, 0.3) is 0 Å². The molecule has 0 aliphatic carbocycles. The van der Waals surface area contributed by atoms with E-state index in [1.54, 1.807) is 11.0 Å². The zero-order valence-electron chi connectivity index (χ0n) is 16.4. The number of esters is 1. The van der Waals surface area contributed by atoms with E-state index in [1.165, 1.54) is 19.2 Å². The van der Waals surface area contributed by atoms with Crippen LogP contribution in [0.1, 0.15) is 45.2 Å². The third-order valence-corrected chi connectivity index (χ3v) is 5.51. The number of nitrogens with one attached hydrogen (secondary N) is 1. The largest absolute Gasteiger partial charge is 0.465 e. The highest BCUT2D eigenvalue weighted by atomic mass is 32.2. The van der Waals surface area contributed by atoms with E-state index in [2.05, 4.69) is 5.32 Å². The molecule has 0 radical (unpaired) electrons. The summed E-state index contributed by atoms with van der Waals surface area (Å²) in [6, 6.07) is 14.3. The molecule has 1 atom stereocenters. The molecule has 1 aliphatic rings. The fraction of sp³-hybridized carbons (Fsp3) is 0.333. The molecule has 0 spiro atoms. The van der Waals surface area contributed by atoms with Gasteiger partial charge in [-0.1, -0.05) is 30.3 Å². The van der Waals surface area contributed by atoms with E-state index in [4.69, 9.17) is 4.74 Å². The molecular weight excluding hydrogens is 392 g/mol. The lowest BCUT2D eigenvalue weighted by atomic mass is 10.0. The maximum atomic E-state index is 13.3. The number of carbonyl (C=O) groups excluding carboxylic acids is 2. The quantitative estimate of drug-likeness (QED) is 0.728. The van der Waals surface area contributed by atoms with Gasteiger partial charge in [0.1, 0.15) is 5.88 Å². The van der Waals surface area contributed by atoms with Crippen LogP contribution in [0.4, 0.5) is 5.69 Å². The number of hydrogen-bond donors (Lipinski definition) is 1. The molecule has 7 nitrogen and oxygen atoms in total. The number of methoxy groups -OCH3 is 1. The Morgan fingerprint density at radius 1 is 1.14 bits per heavy atom. The highest BCUT2D eigenvalue weighted by Crippen LogP contribution is 2.33. The van der Waals surface area contributed by atoms with Gasteiger partial charge in [0.15, 0.2) is 9.84 Å². The van der Waals surface area contributed by atoms with Crippen LogP contribution in [0, 0.1) is 0 Å². The van der Waals surface area contributed by atoms with Gasteiger partial charge in [-0.25, -0.2) is 13.2 Å². The first-order valence-electron chi connectivity index (χ1n) is 9.29. The van der Waals surface area contributed by atoms with Crippen LogP contribution in [-0.2, 0) is 14.6 Å². The van der Waals surface area contributed by atoms with Gasteiger partial charge >= 0.3 is 5.97 Å². The Morgan fingerprint density at radius 3 is 2.48 bits per heavy atom. The molecule has 154 valence electrons. The molecule has 2 aromatic rings. The Balaban J connectivity index is 1.93. The van der Waals surface area contributed by atoms with Gasteiger partial charge in [0.05, 0.1) is 18.7 Å². The average Bonchev–Trinajstić information content (AvgIpc) is 3.21. The van der Waals surface area contributed by atoms with Crippen LogP contribution in [0.3, 0.4) is 0 Å². The Bertz CT molecular complexity index is 1000. The van der Waals surface area contributed by atoms with Crippen molar-refractivity contribution in [1.29, 1.82) is 0 Å². The van der Waals surface area contributed by atoms with Crippen molar-refractivity contribution in [1.82, 2.24) is 4.90 Å². The topological polar surface area (TPSA) is 92.8 Å². The summed E-state index contributed by atoms with van der Waals surface area (Å²) in [6.07, 6.45) is 2.86. The van der Waals surface area contributed by atoms with Gasteiger partial charge in [0.2, 0.25) is 0 Å². The molecule has 1 heterocycles. The van der Waals surface area contributed by atoms with E-state index in [-0.39, 0.29) is 23.4 Å². The number of benzene rings is 2. The van der Waals surface area contributed by atoms with Crippen molar-refractivity contribution in [2.45, 2.75) is 18.9 Å². The summed E-state index contributed by atoms with van der Waals surface area (Å²) in [6.45, 7) is 0.618. The Kier molecular flexibility index (Phi) is 6.22. The Hall–Kier alpha value is -2.87. The minimum atomic E-state index is -3.28. The highest BCUT2D eigenvalue weighted by Gasteiger charge is 2.31. The summed E-state index contributed by atoms with van der Waals surface area (Å²) in [4.78, 5) is 27.1. The summed E-state index contributed by atoms with van der Waals surface area (Å²) in [5, 5.41) is 2.77. The monoisotopic (exact) mass is 416 g/mol. The number of likely N-dealkylation sites (tertiary alicyclic amines) is 1. The third-order valence-electron chi connectivity index (χ3n) is 4.84. The summed E-state index contributed by atoms with van der Waals surface area (Å²) >= 11 is 0. The zero-order valence-corrected chi connectivity index (χ0v) is 17.2. The van der Waals surface area contributed by atoms with Gasteiger partial charge in [-0.3, -0.25) is 4.79 Å². The molecule has 0 saturated carbocycles. The summed E-state index contributed by atoms with van der Waals surface area (Å²) in [7, 11) is -2.02. The smallest absolute Gasteiger partial charge is 0.337 e. The van der Waals surface area contributed by atoms with Crippen LogP contribution >= 0.6 is 0 Å². The standard InChI is InChI=1S/C21H24N2O5S/c1-28-21(25)17-11-16(12-18(13-17)22-14-29(2,26)27)20(24)23-10-6-9-19(23)15-7-4-3-5-8-15/h3-5,7-8,11-13,19,22H,6,9-10,14H2,1-2H3.